The Hall–Kier alpha value is -3.74. The fourth-order valence-electron chi connectivity index (χ4n) is 3.71. The number of benzene rings is 2. The summed E-state index contributed by atoms with van der Waals surface area (Å²) < 4.78 is 26.3. The van der Waals surface area contributed by atoms with Crippen LogP contribution < -0.4 is 41.5 Å². The van der Waals surface area contributed by atoms with Crippen LogP contribution in [-0.2, 0) is 4.79 Å². The van der Waals surface area contributed by atoms with E-state index in [2.05, 4.69) is 14.7 Å². The Bertz CT molecular complexity index is 1240. The molecule has 1 heterocycles. The van der Waals surface area contributed by atoms with E-state index in [0.29, 0.717) is 48.1 Å². The van der Waals surface area contributed by atoms with Crippen molar-refractivity contribution in [3.05, 3.63) is 36.5 Å². The van der Waals surface area contributed by atoms with E-state index in [1.807, 2.05) is 24.3 Å². The van der Waals surface area contributed by atoms with Gasteiger partial charge in [0.15, 0.2) is 17.5 Å². The number of carbonyl (C=O) groups is 1. The molecule has 0 aliphatic carbocycles. The summed E-state index contributed by atoms with van der Waals surface area (Å²) in [4.78, 5) is 17.6. The molecule has 0 radical (unpaired) electrons. The molecule has 3 aromatic rings. The van der Waals surface area contributed by atoms with Crippen molar-refractivity contribution in [1.29, 1.82) is 0 Å². The van der Waals surface area contributed by atoms with Crippen molar-refractivity contribution >= 4 is 41.5 Å². The first-order chi connectivity index (χ1) is 17.8. The lowest BCUT2D eigenvalue weighted by atomic mass is 10.0. The van der Waals surface area contributed by atoms with Crippen molar-refractivity contribution in [2.24, 2.45) is 22.2 Å². The predicted molar refractivity (Wildman–Crippen MR) is 153 cm³/mol. The number of halogens is 1. The van der Waals surface area contributed by atoms with Crippen LogP contribution in [0.3, 0.4) is 0 Å². The van der Waals surface area contributed by atoms with Gasteiger partial charge in [-0.2, -0.15) is 4.37 Å². The monoisotopic (exact) mass is 564 g/mol. The molecule has 2 aromatic carbocycles. The Morgan fingerprint density at radius 3 is 2.24 bits per heavy atom. The van der Waals surface area contributed by atoms with E-state index in [1.165, 1.54) is 18.6 Å². The van der Waals surface area contributed by atoms with Crippen molar-refractivity contribution in [2.75, 3.05) is 40.3 Å². The largest absolute Gasteiger partial charge is 0.495 e. The summed E-state index contributed by atoms with van der Waals surface area (Å²) in [5, 5.41) is 2.88. The lowest BCUT2D eigenvalue weighted by molar-refractivity contribution is -0.117. The predicted octanol–water partition coefficient (Wildman–Crippen LogP) is 3.25. The topological polar surface area (TPSA) is 169 Å². The van der Waals surface area contributed by atoms with Gasteiger partial charge in [0, 0.05) is 23.9 Å². The number of guanidine groups is 1. The molecule has 38 heavy (non-hydrogen) atoms. The lowest BCUT2D eigenvalue weighted by Crippen LogP contribution is -2.35. The molecule has 0 fully saturated rings. The molecule has 0 aliphatic heterocycles. The number of hydrogen-bond donors (Lipinski definition) is 4. The molecule has 0 bridgehead atoms. The number of hydrogen-bond acceptors (Lipinski definition) is 9. The minimum Gasteiger partial charge on any atom is -0.495 e. The van der Waals surface area contributed by atoms with Gasteiger partial charge in [-0.05, 0) is 54.2 Å². The third-order valence-electron chi connectivity index (χ3n) is 5.57. The number of amides is 1. The second-order valence-electron chi connectivity index (χ2n) is 7.94. The highest BCUT2D eigenvalue weighted by Gasteiger charge is 2.20. The summed E-state index contributed by atoms with van der Waals surface area (Å²) in [6, 6.07) is 8.51. The number of carbonyl (C=O) groups excluding carboxylic acids is 1. The van der Waals surface area contributed by atoms with Gasteiger partial charge in [0.05, 0.1) is 45.0 Å². The summed E-state index contributed by atoms with van der Waals surface area (Å²) in [6.45, 7) is 0.400. The van der Waals surface area contributed by atoms with E-state index < -0.39 is 6.04 Å². The van der Waals surface area contributed by atoms with Gasteiger partial charge in [0.1, 0.15) is 5.75 Å². The van der Waals surface area contributed by atoms with Gasteiger partial charge in [-0.1, -0.05) is 6.07 Å². The highest BCUT2D eigenvalue weighted by molar-refractivity contribution is 7.10. The van der Waals surface area contributed by atoms with Crippen LogP contribution in [0.4, 0.5) is 5.69 Å². The molecular weight excluding hydrogens is 532 g/mol. The van der Waals surface area contributed by atoms with Crippen LogP contribution in [-0.4, -0.2) is 57.3 Å². The highest BCUT2D eigenvalue weighted by Crippen LogP contribution is 2.45. The van der Waals surface area contributed by atoms with Crippen LogP contribution in [0.15, 0.2) is 41.5 Å². The van der Waals surface area contributed by atoms with Gasteiger partial charge in [0.25, 0.3) is 0 Å². The van der Waals surface area contributed by atoms with Crippen molar-refractivity contribution in [2.45, 2.75) is 18.9 Å². The molecule has 3 rings (SSSR count). The van der Waals surface area contributed by atoms with E-state index in [1.54, 1.807) is 33.6 Å². The first-order valence-electron chi connectivity index (χ1n) is 11.4. The Morgan fingerprint density at radius 1 is 1.00 bits per heavy atom. The summed E-state index contributed by atoms with van der Waals surface area (Å²) in [5.74, 6) is 1.74. The van der Waals surface area contributed by atoms with Gasteiger partial charge < -0.3 is 41.5 Å². The zero-order valence-electron chi connectivity index (χ0n) is 21.6. The molecule has 0 aliphatic rings. The van der Waals surface area contributed by atoms with E-state index in [4.69, 9.17) is 36.1 Å². The maximum absolute atomic E-state index is 12.8. The van der Waals surface area contributed by atoms with Crippen LogP contribution in [0, 0.1) is 0 Å². The number of rotatable bonds is 12. The summed E-state index contributed by atoms with van der Waals surface area (Å²) >= 11 is 1.33. The first kappa shape index (κ1) is 30.5. The normalized spacial score (nSPS) is 11.1. The van der Waals surface area contributed by atoms with Crippen LogP contribution in [0.25, 0.3) is 21.6 Å². The summed E-state index contributed by atoms with van der Waals surface area (Å²) in [6.07, 6.45) is 2.76. The number of ether oxygens (including phenoxy) is 4. The van der Waals surface area contributed by atoms with E-state index >= 15 is 0 Å². The first-order valence-corrected chi connectivity index (χ1v) is 12.2. The third kappa shape index (κ3) is 7.18. The number of nitrogens with zero attached hydrogens (tertiary/aromatic N) is 2. The Balaban J connectivity index is 0.00000507. The molecule has 1 unspecified atom stereocenters. The average Bonchev–Trinajstić information content (AvgIpc) is 3.40. The van der Waals surface area contributed by atoms with Crippen LogP contribution in [0.1, 0.15) is 12.8 Å². The summed E-state index contributed by atoms with van der Waals surface area (Å²) in [7, 11) is 6.23. The van der Waals surface area contributed by atoms with Crippen molar-refractivity contribution < 1.29 is 23.7 Å². The quantitative estimate of drug-likeness (QED) is 0.146. The molecule has 0 spiro atoms. The van der Waals surface area contributed by atoms with Crippen LogP contribution in [0.5, 0.6) is 23.0 Å². The standard InChI is InChI=1S/C25H32N6O5S.ClH/c1-33-19-8-7-14(10-18(19)31-24(32)17(26)6-5-9-29-25(27)28)16-13-30-37-23(16)15-11-20(34-2)22(36-4)21(12-15)35-3;/h7-8,10-13,17H,5-6,9,26H2,1-4H3,(H,31,32)(H4,27,28,29);1H. The molecule has 1 aromatic heterocycles. The number of anilines is 1. The van der Waals surface area contributed by atoms with Crippen LogP contribution in [0.2, 0.25) is 0 Å². The van der Waals surface area contributed by atoms with Crippen molar-refractivity contribution in [3.63, 3.8) is 0 Å². The number of aliphatic imine (C=N–C) groups is 1. The minimum atomic E-state index is -0.736. The number of nitrogens with two attached hydrogens (primary N) is 3. The average molecular weight is 565 g/mol. The molecule has 0 saturated carbocycles. The minimum absolute atomic E-state index is 0. The number of aromatic nitrogens is 1. The molecule has 0 saturated heterocycles. The smallest absolute Gasteiger partial charge is 0.241 e. The maximum Gasteiger partial charge on any atom is 0.241 e. The van der Waals surface area contributed by atoms with E-state index in [-0.39, 0.29) is 24.3 Å². The third-order valence-corrected chi connectivity index (χ3v) is 6.42. The van der Waals surface area contributed by atoms with Crippen LogP contribution >= 0.6 is 23.9 Å². The molecule has 206 valence electrons. The second kappa shape index (κ2) is 14.3. The lowest BCUT2D eigenvalue weighted by Gasteiger charge is -2.16. The fraction of sp³-hybridized carbons (Fsp3) is 0.320. The van der Waals surface area contributed by atoms with Gasteiger partial charge >= 0.3 is 0 Å². The molecule has 1 amide bonds. The molecule has 13 heteroatoms. The molecule has 1 atom stereocenters. The van der Waals surface area contributed by atoms with E-state index in [9.17, 15) is 4.79 Å². The van der Waals surface area contributed by atoms with Gasteiger partial charge in [-0.25, -0.2) is 0 Å². The van der Waals surface area contributed by atoms with Crippen molar-refractivity contribution in [1.82, 2.24) is 4.37 Å². The fourth-order valence-corrected chi connectivity index (χ4v) is 4.47. The second-order valence-corrected chi connectivity index (χ2v) is 8.74. The van der Waals surface area contributed by atoms with Crippen molar-refractivity contribution in [3.8, 4) is 44.6 Å². The maximum atomic E-state index is 12.8. The number of nitrogens with one attached hydrogen (secondary N) is 1. The Labute approximate surface area is 231 Å². The van der Waals surface area contributed by atoms with Gasteiger partial charge in [-0.3, -0.25) is 9.79 Å². The Morgan fingerprint density at radius 2 is 1.66 bits per heavy atom. The highest BCUT2D eigenvalue weighted by atomic mass is 35.5. The van der Waals surface area contributed by atoms with E-state index in [0.717, 1.165) is 21.6 Å². The van der Waals surface area contributed by atoms with Gasteiger partial charge in [0.2, 0.25) is 11.7 Å². The zero-order chi connectivity index (χ0) is 26.9. The Kier molecular flexibility index (Phi) is 11.4. The molecule has 7 N–H and O–H groups in total. The zero-order valence-corrected chi connectivity index (χ0v) is 23.3. The summed E-state index contributed by atoms with van der Waals surface area (Å²) in [5.41, 5.74) is 19.8. The molecule has 11 nitrogen and oxygen atoms in total. The SMILES string of the molecule is COc1ccc(-c2cnsc2-c2cc(OC)c(OC)c(OC)c2)cc1NC(=O)C(N)CCCN=C(N)N.Cl. The number of methoxy groups -OCH3 is 4. The molecular formula is C25H33ClN6O5S. The van der Waals surface area contributed by atoms with Gasteiger partial charge in [-0.15, -0.1) is 12.4 Å².